The first-order valence-corrected chi connectivity index (χ1v) is 13.0. The van der Waals surface area contributed by atoms with Crippen LogP contribution in [0.2, 0.25) is 0 Å². The van der Waals surface area contributed by atoms with Crippen molar-refractivity contribution in [2.75, 3.05) is 0 Å². The van der Waals surface area contributed by atoms with E-state index in [1.165, 1.54) is 30.0 Å². The number of fused-ring (bicyclic) bond motifs is 1. The van der Waals surface area contributed by atoms with Gasteiger partial charge in [-0.1, -0.05) is 30.8 Å². The number of halogens is 4. The van der Waals surface area contributed by atoms with E-state index < -0.39 is 30.6 Å². The van der Waals surface area contributed by atoms with Crippen LogP contribution in [-0.2, 0) is 17.9 Å². The Morgan fingerprint density at radius 3 is 2.31 bits per heavy atom. The van der Waals surface area contributed by atoms with Gasteiger partial charge >= 0.3 is 0 Å². The molecule has 2 aliphatic carbocycles. The summed E-state index contributed by atoms with van der Waals surface area (Å²) in [5.41, 5.74) is 2.24. The van der Waals surface area contributed by atoms with Gasteiger partial charge in [0.25, 0.3) is 5.91 Å². The highest BCUT2D eigenvalue weighted by molar-refractivity contribution is 5.92. The van der Waals surface area contributed by atoms with Gasteiger partial charge < -0.3 is 10.6 Å². The molecule has 3 heterocycles. The number of nitrogens with one attached hydrogen (secondary N) is 2. The van der Waals surface area contributed by atoms with Crippen molar-refractivity contribution in [3.63, 3.8) is 0 Å². The molecule has 0 radical (unpaired) electrons. The minimum atomic E-state index is -2.50. The molecule has 214 valence electrons. The van der Waals surface area contributed by atoms with E-state index in [0.717, 1.165) is 6.42 Å². The maximum atomic E-state index is 12.2. The van der Waals surface area contributed by atoms with Crippen molar-refractivity contribution in [3.05, 3.63) is 41.1 Å². The van der Waals surface area contributed by atoms with Crippen LogP contribution < -0.4 is 10.6 Å². The van der Waals surface area contributed by atoms with Crippen LogP contribution in [0.4, 0.5) is 17.6 Å². The molecule has 2 saturated carbocycles. The third kappa shape index (κ3) is 11.0. The topological polar surface area (TPSA) is 127 Å². The lowest BCUT2D eigenvalue weighted by molar-refractivity contribution is -0.122. The zero-order chi connectivity index (χ0) is 28.3. The van der Waals surface area contributed by atoms with E-state index in [-0.39, 0.29) is 38.0 Å². The Bertz CT molecular complexity index is 1200. The summed E-state index contributed by atoms with van der Waals surface area (Å²) in [6.45, 7) is 1.91. The summed E-state index contributed by atoms with van der Waals surface area (Å²) in [5, 5.41) is 16.5. The third-order valence-electron chi connectivity index (χ3n) is 5.74. The van der Waals surface area contributed by atoms with Gasteiger partial charge in [-0.3, -0.25) is 9.59 Å². The summed E-state index contributed by atoms with van der Waals surface area (Å²) < 4.78 is 54.6. The number of rotatable bonds is 8. The van der Waals surface area contributed by atoms with Gasteiger partial charge in [0, 0.05) is 32.2 Å². The van der Waals surface area contributed by atoms with Crippen LogP contribution in [0.3, 0.4) is 0 Å². The summed E-state index contributed by atoms with van der Waals surface area (Å²) in [5.74, 6) is -3.21. The van der Waals surface area contributed by atoms with E-state index >= 15 is 0 Å². The summed E-state index contributed by atoms with van der Waals surface area (Å²) in [4.78, 5) is 27.9. The number of alkyl halides is 4. The second-order valence-corrected chi connectivity index (χ2v) is 9.46. The molecule has 10 nitrogen and oxygen atoms in total. The summed E-state index contributed by atoms with van der Waals surface area (Å²) in [7, 11) is 0. The lowest BCUT2D eigenvalue weighted by Gasteiger charge is -2.20. The number of amides is 2. The number of nitrogens with zero attached hydrogens (tertiary/aromatic N) is 5. The van der Waals surface area contributed by atoms with Gasteiger partial charge in [-0.05, 0) is 36.6 Å². The number of hydrogen-bond acceptors (Lipinski definition) is 7. The number of imidazole rings is 1. The number of carbonyl (C=O) groups excluding carboxylic acids is 2. The summed E-state index contributed by atoms with van der Waals surface area (Å²) >= 11 is 0. The molecular formula is C25H33F4N7O3. The molecule has 2 fully saturated rings. The lowest BCUT2D eigenvalue weighted by atomic mass is 9.97. The predicted octanol–water partition coefficient (Wildman–Crippen LogP) is 4.77. The fourth-order valence-corrected chi connectivity index (χ4v) is 3.44. The Kier molecular flexibility index (Phi) is 11.2. The van der Waals surface area contributed by atoms with Crippen LogP contribution in [0.5, 0.6) is 0 Å². The van der Waals surface area contributed by atoms with Crippen LogP contribution >= 0.6 is 0 Å². The molecule has 0 bridgehead atoms. The zero-order valence-electron chi connectivity index (χ0n) is 21.8. The maximum Gasteiger partial charge on any atom is 0.275 e. The average Bonchev–Trinajstić information content (AvgIpc) is 3.63. The van der Waals surface area contributed by atoms with Crippen molar-refractivity contribution in [3.8, 4) is 0 Å². The molecule has 39 heavy (non-hydrogen) atoms. The molecule has 3 aromatic heterocycles. The Morgan fingerprint density at radius 2 is 1.74 bits per heavy atom. The lowest BCUT2D eigenvalue weighted by Crippen LogP contribution is -2.24. The molecule has 3 aromatic rings. The van der Waals surface area contributed by atoms with E-state index in [1.54, 1.807) is 19.2 Å². The van der Waals surface area contributed by atoms with Gasteiger partial charge in [-0.2, -0.15) is 5.10 Å². The Balaban J connectivity index is 0.000000315. The molecule has 0 saturated heterocycles. The smallest absolute Gasteiger partial charge is 0.275 e. The minimum absolute atomic E-state index is 0.103. The second kappa shape index (κ2) is 14.5. The summed E-state index contributed by atoms with van der Waals surface area (Å²) in [6.07, 6.45) is 7.14. The first-order valence-electron chi connectivity index (χ1n) is 13.0. The zero-order valence-corrected chi connectivity index (χ0v) is 21.8. The van der Waals surface area contributed by atoms with Crippen molar-refractivity contribution >= 4 is 17.5 Å². The van der Waals surface area contributed by atoms with Crippen molar-refractivity contribution in [1.29, 1.82) is 0 Å². The standard InChI is InChI=1S/C16H17F2N7O3.C6H10F2.C3H6/c1-9-15(24-28-23-9)16(27)20-7-11-8-25-13(22-11)4-10(6-21-25)5-19-14(26)3-2-12(17)18;7-6(8)4-2-1-3-5-6;1-2-3-1/h4,6,8,12H,2-3,5,7H2,1H3,(H,19,26)(H,20,27);1-5H2;1-3H2. The minimum Gasteiger partial charge on any atom is -0.352 e. The van der Waals surface area contributed by atoms with Gasteiger partial charge in [-0.15, -0.1) is 0 Å². The number of carbonyl (C=O) groups is 2. The quantitative estimate of drug-likeness (QED) is 0.384. The van der Waals surface area contributed by atoms with E-state index in [4.69, 9.17) is 0 Å². The second-order valence-electron chi connectivity index (χ2n) is 9.46. The predicted molar refractivity (Wildman–Crippen MR) is 132 cm³/mol. The molecule has 0 spiro atoms. The highest BCUT2D eigenvalue weighted by atomic mass is 19.3. The Labute approximate surface area is 222 Å². The van der Waals surface area contributed by atoms with Gasteiger partial charge in [0.2, 0.25) is 18.3 Å². The van der Waals surface area contributed by atoms with Crippen molar-refractivity contribution < 1.29 is 31.8 Å². The molecule has 2 aliphatic rings. The first-order chi connectivity index (χ1) is 18.6. The molecule has 2 N–H and O–H groups in total. The Hall–Kier alpha value is -3.58. The summed E-state index contributed by atoms with van der Waals surface area (Å²) in [6, 6.07) is 1.71. The normalized spacial score (nSPS) is 15.5. The van der Waals surface area contributed by atoms with Crippen LogP contribution in [0.25, 0.3) is 5.65 Å². The largest absolute Gasteiger partial charge is 0.352 e. The maximum absolute atomic E-state index is 12.2. The molecule has 2 amide bonds. The van der Waals surface area contributed by atoms with Crippen molar-refractivity contribution in [2.24, 2.45) is 0 Å². The highest BCUT2D eigenvalue weighted by Gasteiger charge is 2.30. The fourth-order valence-electron chi connectivity index (χ4n) is 3.44. The molecular weight excluding hydrogens is 522 g/mol. The molecule has 14 heteroatoms. The van der Waals surface area contributed by atoms with Crippen molar-refractivity contribution in [2.45, 2.75) is 96.6 Å². The highest BCUT2D eigenvalue weighted by Crippen LogP contribution is 2.32. The van der Waals surface area contributed by atoms with Gasteiger partial charge in [0.05, 0.1) is 24.6 Å². The van der Waals surface area contributed by atoms with E-state index in [1.807, 2.05) is 0 Å². The Morgan fingerprint density at radius 1 is 1.05 bits per heavy atom. The SMILES string of the molecule is C1CC1.Cc1nonc1C(=O)NCc1cn2ncc(CNC(=O)CCC(F)F)cc2n1.FC1(F)CCCCC1. The molecule has 0 aromatic carbocycles. The van der Waals surface area contributed by atoms with E-state index in [9.17, 15) is 27.2 Å². The van der Waals surface area contributed by atoms with Crippen LogP contribution in [-0.4, -0.2) is 49.1 Å². The molecule has 0 aliphatic heterocycles. The van der Waals surface area contributed by atoms with E-state index in [0.29, 0.717) is 35.4 Å². The van der Waals surface area contributed by atoms with Crippen LogP contribution in [0.15, 0.2) is 23.1 Å². The fraction of sp³-hybridized carbons (Fsp3) is 0.600. The molecule has 0 atom stereocenters. The van der Waals surface area contributed by atoms with E-state index in [2.05, 4.69) is 35.7 Å². The number of hydrogen-bond donors (Lipinski definition) is 2. The van der Waals surface area contributed by atoms with Crippen LogP contribution in [0, 0.1) is 6.92 Å². The molecule has 0 unspecified atom stereocenters. The van der Waals surface area contributed by atoms with Gasteiger partial charge in [0.1, 0.15) is 5.69 Å². The monoisotopic (exact) mass is 555 g/mol. The average molecular weight is 556 g/mol. The number of aryl methyl sites for hydroxylation is 1. The van der Waals surface area contributed by atoms with Crippen molar-refractivity contribution in [1.82, 2.24) is 35.5 Å². The molecule has 5 rings (SSSR count). The first kappa shape index (κ1) is 30.0. The van der Waals surface area contributed by atoms with Crippen LogP contribution in [0.1, 0.15) is 91.6 Å². The van der Waals surface area contributed by atoms with Gasteiger partial charge in [0.15, 0.2) is 11.3 Å². The third-order valence-corrected chi connectivity index (χ3v) is 5.74. The van der Waals surface area contributed by atoms with Gasteiger partial charge in [-0.25, -0.2) is 31.7 Å². The number of aromatic nitrogens is 5.